The van der Waals surface area contributed by atoms with E-state index in [1.54, 1.807) is 6.07 Å². The van der Waals surface area contributed by atoms with Gasteiger partial charge in [0.2, 0.25) is 10.0 Å². The van der Waals surface area contributed by atoms with Gasteiger partial charge in [-0.15, -0.1) is 0 Å². The average molecular weight is 272 g/mol. The van der Waals surface area contributed by atoms with E-state index in [2.05, 4.69) is 0 Å². The summed E-state index contributed by atoms with van der Waals surface area (Å²) in [6.45, 7) is 2.98. The predicted octanol–water partition coefficient (Wildman–Crippen LogP) is 1.01. The first-order valence-corrected chi connectivity index (χ1v) is 7.52. The number of hydrogen-bond acceptors (Lipinski definition) is 4. The Kier molecular flexibility index (Phi) is 5.58. The number of primary sulfonamides is 1. The van der Waals surface area contributed by atoms with E-state index >= 15 is 0 Å². The molecule has 0 radical (unpaired) electrons. The van der Waals surface area contributed by atoms with E-state index in [9.17, 15) is 8.42 Å². The van der Waals surface area contributed by atoms with Crippen LogP contribution in [0.4, 0.5) is 0 Å². The summed E-state index contributed by atoms with van der Waals surface area (Å²) in [7, 11) is -3.78. The molecule has 6 heteroatoms. The molecule has 4 N–H and O–H groups in total. The summed E-state index contributed by atoms with van der Waals surface area (Å²) < 4.78 is 28.5. The van der Waals surface area contributed by atoms with Crippen molar-refractivity contribution < 1.29 is 13.2 Å². The van der Waals surface area contributed by atoms with Gasteiger partial charge in [0.15, 0.2) is 0 Å². The van der Waals surface area contributed by atoms with Crippen LogP contribution >= 0.6 is 0 Å². The Morgan fingerprint density at radius 2 is 2.06 bits per heavy atom. The minimum Gasteiger partial charge on any atom is -0.492 e. The molecule has 0 bridgehead atoms. The Labute approximate surface area is 108 Å². The van der Waals surface area contributed by atoms with E-state index in [1.165, 1.54) is 6.07 Å². The van der Waals surface area contributed by atoms with Crippen molar-refractivity contribution in [3.8, 4) is 5.75 Å². The number of nitrogens with two attached hydrogens (primary N) is 2. The molecule has 1 aromatic rings. The Hall–Kier alpha value is -1.11. The fraction of sp³-hybridized carbons (Fsp3) is 0.500. The third-order valence-corrected chi connectivity index (χ3v) is 3.44. The molecule has 0 aromatic heterocycles. The van der Waals surface area contributed by atoms with Gasteiger partial charge in [0.25, 0.3) is 0 Å². The molecular weight excluding hydrogens is 252 g/mol. The monoisotopic (exact) mass is 272 g/mol. The van der Waals surface area contributed by atoms with E-state index in [4.69, 9.17) is 15.6 Å². The zero-order chi connectivity index (χ0) is 13.6. The van der Waals surface area contributed by atoms with E-state index in [0.717, 1.165) is 18.4 Å². The second kappa shape index (κ2) is 6.72. The van der Waals surface area contributed by atoms with Gasteiger partial charge < -0.3 is 10.5 Å². The maximum Gasteiger partial charge on any atom is 0.241 e. The molecule has 5 nitrogen and oxygen atoms in total. The molecule has 0 saturated carbocycles. The first-order chi connectivity index (χ1) is 8.49. The molecule has 18 heavy (non-hydrogen) atoms. The minimum atomic E-state index is -3.78. The molecule has 0 heterocycles. The van der Waals surface area contributed by atoms with Crippen molar-refractivity contribution >= 4 is 10.0 Å². The quantitative estimate of drug-likeness (QED) is 0.724. The molecule has 0 fully saturated rings. The fourth-order valence-corrected chi connectivity index (χ4v) is 2.27. The van der Waals surface area contributed by atoms with Gasteiger partial charge in [-0.1, -0.05) is 19.4 Å². The van der Waals surface area contributed by atoms with Crippen LogP contribution in [0.3, 0.4) is 0 Å². The van der Waals surface area contributed by atoms with Crippen molar-refractivity contribution in [2.24, 2.45) is 10.9 Å². The smallest absolute Gasteiger partial charge is 0.241 e. The topological polar surface area (TPSA) is 95.4 Å². The number of rotatable bonds is 7. The zero-order valence-electron chi connectivity index (χ0n) is 10.6. The molecule has 1 aromatic carbocycles. The highest BCUT2D eigenvalue weighted by atomic mass is 32.2. The normalized spacial score (nSPS) is 11.5. The summed E-state index contributed by atoms with van der Waals surface area (Å²) in [5, 5.41) is 5.19. The standard InChI is InChI=1S/C12H20N2O3S/c1-2-3-8-17-11-5-4-10(6-7-13)9-12(11)18(14,15)16/h4-5,9H,2-3,6-8,13H2,1H3,(H2,14,15,16). The Morgan fingerprint density at radius 3 is 2.61 bits per heavy atom. The second-order valence-corrected chi connectivity index (χ2v) is 5.60. The first kappa shape index (κ1) is 14.9. The van der Waals surface area contributed by atoms with Gasteiger partial charge in [-0.25, -0.2) is 13.6 Å². The summed E-state index contributed by atoms with van der Waals surface area (Å²) in [5.41, 5.74) is 6.28. The highest BCUT2D eigenvalue weighted by Crippen LogP contribution is 2.24. The number of sulfonamides is 1. The lowest BCUT2D eigenvalue weighted by atomic mass is 10.1. The lowest BCUT2D eigenvalue weighted by Crippen LogP contribution is -2.15. The van der Waals surface area contributed by atoms with E-state index in [-0.39, 0.29) is 4.90 Å². The van der Waals surface area contributed by atoms with E-state index < -0.39 is 10.0 Å². The van der Waals surface area contributed by atoms with Crippen LogP contribution in [0, 0.1) is 0 Å². The summed E-state index contributed by atoms with van der Waals surface area (Å²) in [5.74, 6) is 0.312. The molecule has 0 aliphatic rings. The zero-order valence-corrected chi connectivity index (χ0v) is 11.4. The average Bonchev–Trinajstić information content (AvgIpc) is 2.30. The molecule has 1 rings (SSSR count). The molecule has 0 aliphatic heterocycles. The lowest BCUT2D eigenvalue weighted by molar-refractivity contribution is 0.301. The van der Waals surface area contributed by atoms with Gasteiger partial charge in [-0.05, 0) is 37.1 Å². The largest absolute Gasteiger partial charge is 0.492 e. The van der Waals surface area contributed by atoms with Crippen molar-refractivity contribution in [2.45, 2.75) is 31.1 Å². The number of benzene rings is 1. The van der Waals surface area contributed by atoms with Gasteiger partial charge >= 0.3 is 0 Å². The maximum atomic E-state index is 11.5. The summed E-state index contributed by atoms with van der Waals surface area (Å²) >= 11 is 0. The van der Waals surface area contributed by atoms with Crippen LogP contribution in [0.1, 0.15) is 25.3 Å². The maximum absolute atomic E-state index is 11.5. The Morgan fingerprint density at radius 1 is 1.33 bits per heavy atom. The van der Waals surface area contributed by atoms with Crippen LogP contribution in [0.2, 0.25) is 0 Å². The molecule has 0 spiro atoms. The van der Waals surface area contributed by atoms with E-state index in [0.29, 0.717) is 25.3 Å². The number of unbranched alkanes of at least 4 members (excludes halogenated alkanes) is 1. The highest BCUT2D eigenvalue weighted by molar-refractivity contribution is 7.89. The van der Waals surface area contributed by atoms with Crippen molar-refractivity contribution in [1.82, 2.24) is 0 Å². The van der Waals surface area contributed by atoms with Crippen LogP contribution in [0.15, 0.2) is 23.1 Å². The minimum absolute atomic E-state index is 0.0320. The number of hydrogen-bond donors (Lipinski definition) is 2. The number of ether oxygens (including phenoxy) is 1. The summed E-state index contributed by atoms with van der Waals surface area (Å²) in [6, 6.07) is 4.98. The van der Waals surface area contributed by atoms with Crippen LogP contribution < -0.4 is 15.6 Å². The highest BCUT2D eigenvalue weighted by Gasteiger charge is 2.15. The Bertz CT molecular complexity index is 486. The SMILES string of the molecule is CCCCOc1ccc(CCN)cc1S(N)(=O)=O. The van der Waals surface area contributed by atoms with Crippen LogP contribution in [0.5, 0.6) is 5.75 Å². The predicted molar refractivity (Wildman–Crippen MR) is 71.0 cm³/mol. The first-order valence-electron chi connectivity index (χ1n) is 5.97. The molecule has 0 atom stereocenters. The fourth-order valence-electron chi connectivity index (χ4n) is 1.54. The molecule has 102 valence electrons. The van der Waals surface area contributed by atoms with Gasteiger partial charge in [-0.2, -0.15) is 0 Å². The molecule has 0 saturated heterocycles. The van der Waals surface area contributed by atoms with Crippen molar-refractivity contribution in [2.75, 3.05) is 13.2 Å². The Balaban J connectivity index is 3.02. The third-order valence-electron chi connectivity index (χ3n) is 2.50. The van der Waals surface area contributed by atoms with Crippen LogP contribution in [0.25, 0.3) is 0 Å². The van der Waals surface area contributed by atoms with Crippen molar-refractivity contribution in [1.29, 1.82) is 0 Å². The summed E-state index contributed by atoms with van der Waals surface area (Å²) in [6.07, 6.45) is 2.46. The van der Waals surface area contributed by atoms with Crippen molar-refractivity contribution in [3.05, 3.63) is 23.8 Å². The van der Waals surface area contributed by atoms with Crippen molar-refractivity contribution in [3.63, 3.8) is 0 Å². The molecule has 0 aliphatic carbocycles. The lowest BCUT2D eigenvalue weighted by Gasteiger charge is -2.11. The summed E-state index contributed by atoms with van der Waals surface area (Å²) in [4.78, 5) is 0.0320. The van der Waals surface area contributed by atoms with Gasteiger partial charge in [0.05, 0.1) is 6.61 Å². The molecule has 0 unspecified atom stereocenters. The van der Waals surface area contributed by atoms with E-state index in [1.807, 2.05) is 13.0 Å². The van der Waals surface area contributed by atoms with Crippen LogP contribution in [-0.2, 0) is 16.4 Å². The van der Waals surface area contributed by atoms with Gasteiger partial charge in [-0.3, -0.25) is 0 Å². The van der Waals surface area contributed by atoms with Gasteiger partial charge in [0.1, 0.15) is 10.6 Å². The van der Waals surface area contributed by atoms with Crippen LogP contribution in [-0.4, -0.2) is 21.6 Å². The van der Waals surface area contributed by atoms with Gasteiger partial charge in [0, 0.05) is 0 Å². The molecular formula is C12H20N2O3S. The third kappa shape index (κ3) is 4.29. The second-order valence-electron chi connectivity index (χ2n) is 4.07. The molecule has 0 amide bonds.